The minimum atomic E-state index is 0.00211. The van der Waals surface area contributed by atoms with E-state index in [1.165, 1.54) is 37.7 Å². The molecular weight excluding hydrogens is 388 g/mol. The minimum absolute atomic E-state index is 0.00211. The number of carbonyl (C=O) groups excluding carboxylic acids is 2. The number of amides is 2. The maximum atomic E-state index is 12.7. The molecule has 0 bridgehead atoms. The molecule has 1 aromatic carbocycles. The van der Waals surface area contributed by atoms with Crippen LogP contribution in [0.2, 0.25) is 0 Å². The highest BCUT2D eigenvalue weighted by molar-refractivity contribution is 5.98. The highest BCUT2D eigenvalue weighted by Gasteiger charge is 2.45. The lowest BCUT2D eigenvalue weighted by Crippen LogP contribution is -2.58. The van der Waals surface area contributed by atoms with Gasteiger partial charge in [0.2, 0.25) is 11.8 Å². The smallest absolute Gasteiger partial charge is 0.229 e. The van der Waals surface area contributed by atoms with Crippen LogP contribution in [0.3, 0.4) is 0 Å². The van der Waals surface area contributed by atoms with Crippen LogP contribution in [0, 0.1) is 5.41 Å². The van der Waals surface area contributed by atoms with Gasteiger partial charge in [-0.05, 0) is 75.1 Å². The lowest BCUT2D eigenvalue weighted by Gasteiger charge is -2.49. The summed E-state index contributed by atoms with van der Waals surface area (Å²) in [5, 5.41) is 0. The Hall–Kier alpha value is -1.88. The molecule has 1 aliphatic carbocycles. The van der Waals surface area contributed by atoms with Gasteiger partial charge >= 0.3 is 0 Å². The van der Waals surface area contributed by atoms with Gasteiger partial charge in [0.15, 0.2) is 0 Å². The van der Waals surface area contributed by atoms with Gasteiger partial charge in [-0.2, -0.15) is 0 Å². The predicted octanol–water partition coefficient (Wildman–Crippen LogP) is 4.34. The quantitative estimate of drug-likeness (QED) is 0.521. The van der Waals surface area contributed by atoms with E-state index in [1.807, 2.05) is 6.07 Å². The lowest BCUT2D eigenvalue weighted by molar-refractivity contribution is -0.153. The van der Waals surface area contributed by atoms with E-state index in [9.17, 15) is 9.59 Å². The van der Waals surface area contributed by atoms with Gasteiger partial charge in [-0.1, -0.05) is 37.5 Å². The normalized spacial score (nSPS) is 28.2. The molecule has 168 valence electrons. The summed E-state index contributed by atoms with van der Waals surface area (Å²) in [5.74, 6) is 1.19. The topological polar surface area (TPSA) is 49.9 Å². The van der Waals surface area contributed by atoms with Crippen LogP contribution in [0.25, 0.3) is 0 Å². The van der Waals surface area contributed by atoms with Crippen LogP contribution in [0.15, 0.2) is 24.3 Å². The third kappa shape index (κ3) is 4.13. The van der Waals surface area contributed by atoms with Crippen molar-refractivity contribution in [2.75, 3.05) is 26.2 Å². The average molecular weight is 425 g/mol. The Labute approximate surface area is 186 Å². The summed E-state index contributed by atoms with van der Waals surface area (Å²) in [6.07, 6.45) is 12.3. The fourth-order valence-electron chi connectivity index (χ4n) is 6.61. The van der Waals surface area contributed by atoms with E-state index < -0.39 is 0 Å². The maximum absolute atomic E-state index is 12.7. The molecule has 1 aromatic rings. The second kappa shape index (κ2) is 8.57. The van der Waals surface area contributed by atoms with Crippen LogP contribution < -0.4 is 4.74 Å². The summed E-state index contributed by atoms with van der Waals surface area (Å²) in [5.41, 5.74) is 1.44. The SMILES string of the molecule is O=C1CC2(CCCC2)CC(=O)N1CCCCN1CCCC[C@@]12COc1ccccc1C2. The van der Waals surface area contributed by atoms with Gasteiger partial charge in [-0.15, -0.1) is 0 Å². The third-order valence-corrected chi connectivity index (χ3v) is 8.36. The molecule has 0 radical (unpaired) electrons. The highest BCUT2D eigenvalue weighted by Crippen LogP contribution is 2.47. The van der Waals surface area contributed by atoms with Crippen molar-refractivity contribution in [3.05, 3.63) is 29.8 Å². The summed E-state index contributed by atoms with van der Waals surface area (Å²) in [6, 6.07) is 8.44. The van der Waals surface area contributed by atoms with Crippen molar-refractivity contribution < 1.29 is 14.3 Å². The second-order valence-corrected chi connectivity index (χ2v) is 10.4. The molecule has 3 aliphatic heterocycles. The number of fused-ring (bicyclic) bond motifs is 1. The van der Waals surface area contributed by atoms with Gasteiger partial charge in [0, 0.05) is 19.4 Å². The first-order valence-electron chi connectivity index (χ1n) is 12.4. The predicted molar refractivity (Wildman–Crippen MR) is 120 cm³/mol. The van der Waals surface area contributed by atoms with Crippen molar-refractivity contribution >= 4 is 11.8 Å². The molecule has 2 saturated heterocycles. The summed E-state index contributed by atoms with van der Waals surface area (Å²) in [6.45, 7) is 3.50. The third-order valence-electron chi connectivity index (χ3n) is 8.36. The molecule has 31 heavy (non-hydrogen) atoms. The molecule has 2 amide bonds. The summed E-state index contributed by atoms with van der Waals surface area (Å²) < 4.78 is 6.18. The van der Waals surface area contributed by atoms with E-state index in [2.05, 4.69) is 23.1 Å². The van der Waals surface area contributed by atoms with Crippen LogP contribution in [-0.4, -0.2) is 53.4 Å². The van der Waals surface area contributed by atoms with E-state index in [0.29, 0.717) is 19.4 Å². The number of rotatable bonds is 5. The number of para-hydroxylation sites is 1. The number of carbonyl (C=O) groups is 2. The Morgan fingerprint density at radius 1 is 0.839 bits per heavy atom. The Balaban J connectivity index is 1.15. The zero-order valence-corrected chi connectivity index (χ0v) is 18.7. The average Bonchev–Trinajstić information content (AvgIpc) is 3.21. The number of imide groups is 1. The zero-order valence-electron chi connectivity index (χ0n) is 18.7. The number of hydrogen-bond acceptors (Lipinski definition) is 4. The van der Waals surface area contributed by atoms with Gasteiger partial charge < -0.3 is 4.74 Å². The minimum Gasteiger partial charge on any atom is -0.491 e. The van der Waals surface area contributed by atoms with Crippen molar-refractivity contribution in [2.24, 2.45) is 5.41 Å². The molecule has 2 spiro atoms. The van der Waals surface area contributed by atoms with Gasteiger partial charge in [0.1, 0.15) is 12.4 Å². The molecular formula is C26H36N2O3. The molecule has 1 saturated carbocycles. The highest BCUT2D eigenvalue weighted by atomic mass is 16.5. The first kappa shape index (κ1) is 21.0. The van der Waals surface area contributed by atoms with Gasteiger partial charge in [-0.25, -0.2) is 0 Å². The summed E-state index contributed by atoms with van der Waals surface area (Å²) in [4.78, 5) is 29.6. The molecule has 0 N–H and O–H groups in total. The van der Waals surface area contributed by atoms with Gasteiger partial charge in [0.05, 0.1) is 5.54 Å². The fourth-order valence-corrected chi connectivity index (χ4v) is 6.61. The Morgan fingerprint density at radius 3 is 2.35 bits per heavy atom. The zero-order chi connectivity index (χ0) is 21.3. The van der Waals surface area contributed by atoms with Crippen molar-refractivity contribution in [2.45, 2.75) is 82.6 Å². The molecule has 5 heteroatoms. The number of nitrogens with zero attached hydrogens (tertiary/aromatic N) is 2. The van der Waals surface area contributed by atoms with E-state index in [4.69, 9.17) is 4.74 Å². The lowest BCUT2D eigenvalue weighted by atomic mass is 9.76. The maximum Gasteiger partial charge on any atom is 0.229 e. The monoisotopic (exact) mass is 424 g/mol. The second-order valence-electron chi connectivity index (χ2n) is 10.4. The Kier molecular flexibility index (Phi) is 5.80. The van der Waals surface area contributed by atoms with Crippen molar-refractivity contribution in [1.29, 1.82) is 0 Å². The molecule has 3 heterocycles. The van der Waals surface area contributed by atoms with Gasteiger partial charge in [-0.3, -0.25) is 19.4 Å². The Morgan fingerprint density at radius 2 is 1.55 bits per heavy atom. The van der Waals surface area contributed by atoms with Crippen molar-refractivity contribution in [1.82, 2.24) is 9.80 Å². The first-order chi connectivity index (χ1) is 15.1. The number of benzene rings is 1. The van der Waals surface area contributed by atoms with E-state index in [-0.39, 0.29) is 22.8 Å². The largest absolute Gasteiger partial charge is 0.491 e. The molecule has 0 aromatic heterocycles. The Bertz CT molecular complexity index is 812. The number of unbranched alkanes of at least 4 members (excludes halogenated alkanes) is 1. The molecule has 5 rings (SSSR count). The molecule has 4 aliphatic rings. The van der Waals surface area contributed by atoms with Crippen LogP contribution >= 0.6 is 0 Å². The van der Waals surface area contributed by atoms with Crippen LogP contribution in [0.4, 0.5) is 0 Å². The molecule has 1 atom stereocenters. The fraction of sp³-hybridized carbons (Fsp3) is 0.692. The first-order valence-corrected chi connectivity index (χ1v) is 12.4. The molecule has 3 fully saturated rings. The molecule has 0 unspecified atom stereocenters. The number of likely N-dealkylation sites (tertiary alicyclic amines) is 2. The number of ether oxygens (including phenoxy) is 1. The van der Waals surface area contributed by atoms with Gasteiger partial charge in [0.25, 0.3) is 0 Å². The van der Waals surface area contributed by atoms with Crippen molar-refractivity contribution in [3.8, 4) is 5.75 Å². The summed E-state index contributed by atoms with van der Waals surface area (Å²) in [7, 11) is 0. The van der Waals surface area contributed by atoms with Crippen LogP contribution in [0.5, 0.6) is 5.75 Å². The standard InChI is InChI=1S/C26H36N2O3/c29-23-18-25(11-3-4-12-25)19-24(30)28(23)16-8-7-15-27-14-6-5-13-26(27)17-21-9-1-2-10-22(21)31-20-26/h1-2,9-10H,3-8,11-20H2/t26-/m1/s1. The summed E-state index contributed by atoms with van der Waals surface area (Å²) >= 11 is 0. The van der Waals surface area contributed by atoms with Crippen LogP contribution in [0.1, 0.15) is 76.2 Å². The number of piperidine rings is 2. The van der Waals surface area contributed by atoms with E-state index >= 15 is 0 Å². The van der Waals surface area contributed by atoms with E-state index in [1.54, 1.807) is 4.90 Å². The molecule has 5 nitrogen and oxygen atoms in total. The van der Waals surface area contributed by atoms with E-state index in [0.717, 1.165) is 57.6 Å². The van der Waals surface area contributed by atoms with Crippen LogP contribution in [-0.2, 0) is 16.0 Å². The van der Waals surface area contributed by atoms with Crippen molar-refractivity contribution in [3.63, 3.8) is 0 Å². The number of hydrogen-bond donors (Lipinski definition) is 0.